The number of hydrogen-bond donors (Lipinski definition) is 1. The van der Waals surface area contributed by atoms with Crippen molar-refractivity contribution in [1.29, 1.82) is 0 Å². The van der Waals surface area contributed by atoms with Crippen LogP contribution in [0.15, 0.2) is 16.6 Å². The van der Waals surface area contributed by atoms with Crippen molar-refractivity contribution in [3.63, 3.8) is 0 Å². The zero-order valence-electron chi connectivity index (χ0n) is 11.0. The van der Waals surface area contributed by atoms with Gasteiger partial charge in [-0.3, -0.25) is 4.90 Å². The molecule has 0 amide bonds. The molecular formula is C14H19BrN2O2. The highest BCUT2D eigenvalue weighted by Crippen LogP contribution is 2.36. The monoisotopic (exact) mass is 326 g/mol. The first-order valence-corrected chi connectivity index (χ1v) is 7.63. The Balaban J connectivity index is 1.76. The van der Waals surface area contributed by atoms with Gasteiger partial charge in [0.15, 0.2) is 11.5 Å². The van der Waals surface area contributed by atoms with Gasteiger partial charge < -0.3 is 14.8 Å². The Labute approximate surface area is 122 Å². The summed E-state index contributed by atoms with van der Waals surface area (Å²) in [5.74, 6) is 1.72. The van der Waals surface area contributed by atoms with E-state index in [2.05, 4.69) is 32.2 Å². The van der Waals surface area contributed by atoms with Gasteiger partial charge in [0.25, 0.3) is 0 Å². The highest BCUT2D eigenvalue weighted by atomic mass is 79.9. The molecular weight excluding hydrogens is 308 g/mol. The lowest BCUT2D eigenvalue weighted by Gasteiger charge is -2.23. The van der Waals surface area contributed by atoms with Gasteiger partial charge in [-0.2, -0.15) is 0 Å². The molecule has 0 atom stereocenters. The second kappa shape index (κ2) is 6.11. The average molecular weight is 327 g/mol. The Hall–Kier alpha value is -0.780. The Morgan fingerprint density at radius 1 is 1.11 bits per heavy atom. The van der Waals surface area contributed by atoms with Crippen molar-refractivity contribution < 1.29 is 9.47 Å². The summed E-state index contributed by atoms with van der Waals surface area (Å²) in [7, 11) is 0. The quantitative estimate of drug-likeness (QED) is 0.901. The molecule has 19 heavy (non-hydrogen) atoms. The minimum atomic E-state index is 0.635. The minimum absolute atomic E-state index is 0.635. The van der Waals surface area contributed by atoms with Crippen LogP contribution in [-0.2, 0) is 6.54 Å². The number of nitrogens with one attached hydrogen (secondary N) is 1. The van der Waals surface area contributed by atoms with Gasteiger partial charge >= 0.3 is 0 Å². The molecule has 2 aliphatic rings. The molecule has 0 aliphatic carbocycles. The zero-order valence-corrected chi connectivity index (χ0v) is 12.5. The van der Waals surface area contributed by atoms with Gasteiger partial charge in [-0.05, 0) is 37.2 Å². The van der Waals surface area contributed by atoms with Crippen LogP contribution in [0.5, 0.6) is 11.5 Å². The Morgan fingerprint density at radius 2 is 1.89 bits per heavy atom. The molecule has 1 saturated heterocycles. The van der Waals surface area contributed by atoms with E-state index in [0.717, 1.165) is 48.7 Å². The van der Waals surface area contributed by atoms with E-state index < -0.39 is 0 Å². The highest BCUT2D eigenvalue weighted by molar-refractivity contribution is 9.10. The van der Waals surface area contributed by atoms with Gasteiger partial charge in [0.1, 0.15) is 13.2 Å². The second-order valence-electron chi connectivity index (χ2n) is 4.97. The standard InChI is InChI=1S/C14H19BrN2O2/c15-12-9-14-13(18-6-7-19-14)8-11(12)10-17-4-1-2-16-3-5-17/h8-9,16H,1-7,10H2. The fourth-order valence-corrected chi connectivity index (χ4v) is 2.98. The van der Waals surface area contributed by atoms with Gasteiger partial charge in [0, 0.05) is 24.1 Å². The fraction of sp³-hybridized carbons (Fsp3) is 0.571. The lowest BCUT2D eigenvalue weighted by molar-refractivity contribution is 0.171. The number of benzene rings is 1. The van der Waals surface area contributed by atoms with E-state index in [-0.39, 0.29) is 0 Å². The van der Waals surface area contributed by atoms with Crippen LogP contribution in [0, 0.1) is 0 Å². The van der Waals surface area contributed by atoms with E-state index in [0.29, 0.717) is 13.2 Å². The maximum Gasteiger partial charge on any atom is 0.162 e. The lowest BCUT2D eigenvalue weighted by Crippen LogP contribution is -2.28. The Morgan fingerprint density at radius 3 is 2.74 bits per heavy atom. The van der Waals surface area contributed by atoms with Crippen LogP contribution in [-0.4, -0.2) is 44.3 Å². The van der Waals surface area contributed by atoms with Crippen LogP contribution in [0.2, 0.25) is 0 Å². The van der Waals surface area contributed by atoms with Crippen molar-refractivity contribution >= 4 is 15.9 Å². The third kappa shape index (κ3) is 3.22. The first-order valence-electron chi connectivity index (χ1n) is 6.84. The predicted octanol–water partition coefficient (Wildman–Crippen LogP) is 2.02. The zero-order chi connectivity index (χ0) is 13.1. The van der Waals surface area contributed by atoms with Gasteiger partial charge in [-0.15, -0.1) is 0 Å². The smallest absolute Gasteiger partial charge is 0.162 e. The largest absolute Gasteiger partial charge is 0.486 e. The molecule has 0 bridgehead atoms. The molecule has 2 heterocycles. The van der Waals surface area contributed by atoms with Crippen LogP contribution in [0.1, 0.15) is 12.0 Å². The minimum Gasteiger partial charge on any atom is -0.486 e. The molecule has 1 aromatic rings. The van der Waals surface area contributed by atoms with E-state index in [1.54, 1.807) is 0 Å². The predicted molar refractivity (Wildman–Crippen MR) is 77.9 cm³/mol. The van der Waals surface area contributed by atoms with Gasteiger partial charge in [0.2, 0.25) is 0 Å². The number of nitrogens with zero attached hydrogens (tertiary/aromatic N) is 1. The molecule has 0 unspecified atom stereocenters. The summed E-state index contributed by atoms with van der Waals surface area (Å²) in [4.78, 5) is 2.48. The van der Waals surface area contributed by atoms with Gasteiger partial charge in [0.05, 0.1) is 0 Å². The summed E-state index contributed by atoms with van der Waals surface area (Å²) in [6.45, 7) is 6.67. The summed E-state index contributed by atoms with van der Waals surface area (Å²) in [6, 6.07) is 4.14. The topological polar surface area (TPSA) is 33.7 Å². The van der Waals surface area contributed by atoms with E-state index in [1.165, 1.54) is 12.0 Å². The summed E-state index contributed by atoms with van der Waals surface area (Å²) in [5, 5.41) is 3.43. The van der Waals surface area contributed by atoms with E-state index in [4.69, 9.17) is 9.47 Å². The van der Waals surface area contributed by atoms with E-state index >= 15 is 0 Å². The SMILES string of the molecule is Brc1cc2c(cc1CN1CCCNCC1)OCCO2. The van der Waals surface area contributed by atoms with Crippen LogP contribution in [0.25, 0.3) is 0 Å². The van der Waals surface area contributed by atoms with Crippen LogP contribution < -0.4 is 14.8 Å². The fourth-order valence-electron chi connectivity index (χ4n) is 2.53. The molecule has 1 aromatic carbocycles. The second-order valence-corrected chi connectivity index (χ2v) is 5.82. The van der Waals surface area contributed by atoms with E-state index in [1.807, 2.05) is 6.07 Å². The number of hydrogen-bond acceptors (Lipinski definition) is 4. The number of ether oxygens (including phenoxy) is 2. The van der Waals surface area contributed by atoms with Crippen molar-refractivity contribution in [2.24, 2.45) is 0 Å². The van der Waals surface area contributed by atoms with Crippen molar-refractivity contribution in [2.75, 3.05) is 39.4 Å². The van der Waals surface area contributed by atoms with Crippen LogP contribution in [0.3, 0.4) is 0 Å². The number of rotatable bonds is 2. The Kier molecular flexibility index (Phi) is 4.25. The molecule has 1 fully saturated rings. The first-order chi connectivity index (χ1) is 9.33. The highest BCUT2D eigenvalue weighted by Gasteiger charge is 2.17. The molecule has 0 spiro atoms. The first kappa shape index (κ1) is 13.2. The van der Waals surface area contributed by atoms with Crippen molar-refractivity contribution in [3.05, 3.63) is 22.2 Å². The molecule has 0 radical (unpaired) electrons. The van der Waals surface area contributed by atoms with Crippen molar-refractivity contribution in [3.8, 4) is 11.5 Å². The summed E-state index contributed by atoms with van der Waals surface area (Å²) >= 11 is 3.64. The molecule has 104 valence electrons. The molecule has 5 heteroatoms. The van der Waals surface area contributed by atoms with Crippen LogP contribution in [0.4, 0.5) is 0 Å². The Bertz CT molecular complexity index is 445. The third-order valence-electron chi connectivity index (χ3n) is 3.54. The normalized spacial score (nSPS) is 20.1. The van der Waals surface area contributed by atoms with Gasteiger partial charge in [-0.25, -0.2) is 0 Å². The number of fused-ring (bicyclic) bond motifs is 1. The molecule has 0 saturated carbocycles. The third-order valence-corrected chi connectivity index (χ3v) is 4.28. The lowest BCUT2D eigenvalue weighted by atomic mass is 10.1. The summed E-state index contributed by atoms with van der Waals surface area (Å²) < 4.78 is 12.4. The molecule has 3 rings (SSSR count). The molecule has 1 N–H and O–H groups in total. The molecule has 4 nitrogen and oxygen atoms in total. The van der Waals surface area contributed by atoms with E-state index in [9.17, 15) is 0 Å². The van der Waals surface area contributed by atoms with Crippen LogP contribution >= 0.6 is 15.9 Å². The number of halogens is 1. The summed E-state index contributed by atoms with van der Waals surface area (Å²) in [5.41, 5.74) is 1.27. The average Bonchev–Trinajstić information content (AvgIpc) is 2.68. The van der Waals surface area contributed by atoms with Crippen molar-refractivity contribution in [1.82, 2.24) is 10.2 Å². The maximum absolute atomic E-state index is 5.66. The van der Waals surface area contributed by atoms with Crippen molar-refractivity contribution in [2.45, 2.75) is 13.0 Å². The molecule has 0 aromatic heterocycles. The van der Waals surface area contributed by atoms with Gasteiger partial charge in [-0.1, -0.05) is 15.9 Å². The maximum atomic E-state index is 5.66. The molecule has 2 aliphatic heterocycles. The summed E-state index contributed by atoms with van der Waals surface area (Å²) in [6.07, 6.45) is 1.21.